The molecule has 0 fully saturated rings. The minimum Gasteiger partial charge on any atom is -0.388 e. The Hall–Kier alpha value is -0.900. The summed E-state index contributed by atoms with van der Waals surface area (Å²) in [6.45, 7) is 1.93. The number of aliphatic hydroxyl groups excluding tert-OH is 1. The van der Waals surface area contributed by atoms with Crippen molar-refractivity contribution in [1.82, 2.24) is 0 Å². The van der Waals surface area contributed by atoms with E-state index in [9.17, 15) is 9.50 Å². The van der Waals surface area contributed by atoms with Crippen molar-refractivity contribution in [1.29, 1.82) is 0 Å². The Bertz CT molecular complexity index is 601. The van der Waals surface area contributed by atoms with Crippen LogP contribution in [0.4, 0.5) is 4.39 Å². The highest BCUT2D eigenvalue weighted by molar-refractivity contribution is 9.10. The fourth-order valence-electron chi connectivity index (χ4n) is 2.04. The molecule has 1 N–H and O–H groups in total. The number of hydrogen-bond acceptors (Lipinski definition) is 1. The highest BCUT2D eigenvalue weighted by Gasteiger charge is 2.14. The van der Waals surface area contributed by atoms with Crippen molar-refractivity contribution >= 4 is 27.5 Å². The predicted molar refractivity (Wildman–Crippen MR) is 79.0 cm³/mol. The third kappa shape index (κ3) is 3.35. The number of aliphatic hydroxyl groups is 1. The normalized spacial score (nSPS) is 12.5. The molecular weight excluding hydrogens is 331 g/mol. The maximum atomic E-state index is 13.3. The zero-order valence-electron chi connectivity index (χ0n) is 10.3. The Morgan fingerprint density at radius 1 is 1.32 bits per heavy atom. The average molecular weight is 344 g/mol. The topological polar surface area (TPSA) is 20.2 Å². The Morgan fingerprint density at radius 2 is 2.05 bits per heavy atom. The van der Waals surface area contributed by atoms with Gasteiger partial charge in [-0.3, -0.25) is 0 Å². The van der Waals surface area contributed by atoms with Crippen molar-refractivity contribution in [3.63, 3.8) is 0 Å². The van der Waals surface area contributed by atoms with Crippen LogP contribution in [0.1, 0.15) is 22.8 Å². The standard InChI is InChI=1S/C15H13BrClFO/c1-9-7-11(16)5-6-12(9)14(19)8-10-3-2-4-13(18)15(10)17/h2-7,14,19H,8H2,1H3. The quantitative estimate of drug-likeness (QED) is 0.846. The molecule has 19 heavy (non-hydrogen) atoms. The first-order chi connectivity index (χ1) is 8.99. The first-order valence-electron chi connectivity index (χ1n) is 5.86. The van der Waals surface area contributed by atoms with Gasteiger partial charge in [0.15, 0.2) is 0 Å². The lowest BCUT2D eigenvalue weighted by molar-refractivity contribution is 0.177. The van der Waals surface area contributed by atoms with Crippen LogP contribution in [0.3, 0.4) is 0 Å². The molecule has 0 saturated carbocycles. The molecule has 2 aromatic carbocycles. The van der Waals surface area contributed by atoms with Crippen LogP contribution < -0.4 is 0 Å². The summed E-state index contributed by atoms with van der Waals surface area (Å²) in [6.07, 6.45) is -0.411. The molecular formula is C15H13BrClFO. The van der Waals surface area contributed by atoms with Crippen molar-refractivity contribution in [3.8, 4) is 0 Å². The van der Waals surface area contributed by atoms with E-state index in [2.05, 4.69) is 15.9 Å². The molecule has 0 aliphatic carbocycles. The molecule has 0 saturated heterocycles. The molecule has 1 nitrogen and oxygen atoms in total. The summed E-state index contributed by atoms with van der Waals surface area (Å²) in [5.41, 5.74) is 2.41. The van der Waals surface area contributed by atoms with E-state index in [4.69, 9.17) is 11.6 Å². The van der Waals surface area contributed by atoms with Crippen LogP contribution in [-0.2, 0) is 6.42 Å². The van der Waals surface area contributed by atoms with Crippen LogP contribution >= 0.6 is 27.5 Å². The summed E-state index contributed by atoms with van der Waals surface area (Å²) in [6, 6.07) is 10.3. The Labute approximate surface area is 125 Å². The lowest BCUT2D eigenvalue weighted by atomic mass is 9.98. The molecule has 0 bridgehead atoms. The second-order valence-corrected chi connectivity index (χ2v) is 5.73. The molecule has 0 radical (unpaired) electrons. The van der Waals surface area contributed by atoms with Crippen molar-refractivity contribution in [2.45, 2.75) is 19.4 Å². The van der Waals surface area contributed by atoms with Gasteiger partial charge in [0.1, 0.15) is 5.82 Å². The summed E-state index contributed by atoms with van der Waals surface area (Å²) in [4.78, 5) is 0. The number of hydrogen-bond donors (Lipinski definition) is 1. The maximum Gasteiger partial charge on any atom is 0.142 e. The van der Waals surface area contributed by atoms with Gasteiger partial charge in [0.2, 0.25) is 0 Å². The van der Waals surface area contributed by atoms with Crippen LogP contribution in [0.5, 0.6) is 0 Å². The average Bonchev–Trinajstić information content (AvgIpc) is 2.34. The summed E-state index contributed by atoms with van der Waals surface area (Å²) in [7, 11) is 0. The third-order valence-corrected chi connectivity index (χ3v) is 3.95. The zero-order valence-corrected chi connectivity index (χ0v) is 12.7. The van der Waals surface area contributed by atoms with Crippen LogP contribution in [0.25, 0.3) is 0 Å². The van der Waals surface area contributed by atoms with E-state index >= 15 is 0 Å². The fourth-order valence-corrected chi connectivity index (χ4v) is 2.72. The molecule has 2 aromatic rings. The van der Waals surface area contributed by atoms with Gasteiger partial charge >= 0.3 is 0 Å². The van der Waals surface area contributed by atoms with E-state index in [1.54, 1.807) is 12.1 Å². The Kier molecular flexibility index (Phi) is 4.61. The van der Waals surface area contributed by atoms with E-state index in [1.807, 2.05) is 25.1 Å². The van der Waals surface area contributed by atoms with E-state index in [0.717, 1.165) is 15.6 Å². The highest BCUT2D eigenvalue weighted by atomic mass is 79.9. The third-order valence-electron chi connectivity index (χ3n) is 3.04. The van der Waals surface area contributed by atoms with Gasteiger partial charge in [-0.15, -0.1) is 0 Å². The monoisotopic (exact) mass is 342 g/mol. The lowest BCUT2D eigenvalue weighted by Gasteiger charge is -2.15. The second kappa shape index (κ2) is 6.04. The number of aryl methyl sites for hydroxylation is 1. The van der Waals surface area contributed by atoms with Gasteiger partial charge in [0.25, 0.3) is 0 Å². The molecule has 0 spiro atoms. The molecule has 0 amide bonds. The summed E-state index contributed by atoms with van der Waals surface area (Å²) in [5, 5.41) is 10.3. The van der Waals surface area contributed by atoms with Crippen molar-refractivity contribution in [2.24, 2.45) is 0 Å². The summed E-state index contributed by atoms with van der Waals surface area (Å²) in [5.74, 6) is -0.459. The van der Waals surface area contributed by atoms with Crippen molar-refractivity contribution in [3.05, 3.63) is 68.4 Å². The first-order valence-corrected chi connectivity index (χ1v) is 7.03. The minimum atomic E-state index is -0.701. The number of halogens is 3. The predicted octanol–water partition coefficient (Wildman–Crippen LogP) is 4.83. The van der Waals surface area contributed by atoms with Crippen LogP contribution in [-0.4, -0.2) is 5.11 Å². The molecule has 100 valence electrons. The van der Waals surface area contributed by atoms with Crippen molar-refractivity contribution in [2.75, 3.05) is 0 Å². The molecule has 4 heteroatoms. The van der Waals surface area contributed by atoms with Crippen molar-refractivity contribution < 1.29 is 9.50 Å². The molecule has 0 heterocycles. The zero-order chi connectivity index (χ0) is 14.0. The maximum absolute atomic E-state index is 13.3. The summed E-state index contributed by atoms with van der Waals surface area (Å²) < 4.78 is 14.3. The molecule has 1 unspecified atom stereocenters. The lowest BCUT2D eigenvalue weighted by Crippen LogP contribution is -2.04. The fraction of sp³-hybridized carbons (Fsp3) is 0.200. The van der Waals surface area contributed by atoms with Gasteiger partial charge in [0.05, 0.1) is 11.1 Å². The molecule has 2 rings (SSSR count). The van der Waals surface area contributed by atoms with E-state index < -0.39 is 11.9 Å². The SMILES string of the molecule is Cc1cc(Br)ccc1C(O)Cc1cccc(F)c1Cl. The molecule has 0 aromatic heterocycles. The Morgan fingerprint density at radius 3 is 2.74 bits per heavy atom. The van der Waals surface area contributed by atoms with Gasteiger partial charge in [-0.25, -0.2) is 4.39 Å². The number of benzene rings is 2. The molecule has 0 aliphatic rings. The van der Waals surface area contributed by atoms with Crippen LogP contribution in [0.15, 0.2) is 40.9 Å². The van der Waals surface area contributed by atoms with Gasteiger partial charge in [-0.05, 0) is 41.8 Å². The van der Waals surface area contributed by atoms with Gasteiger partial charge in [-0.1, -0.05) is 45.7 Å². The van der Waals surface area contributed by atoms with E-state index in [1.165, 1.54) is 6.07 Å². The molecule has 0 aliphatic heterocycles. The summed E-state index contributed by atoms with van der Waals surface area (Å²) >= 11 is 9.28. The second-order valence-electron chi connectivity index (χ2n) is 4.43. The van der Waals surface area contributed by atoms with E-state index in [0.29, 0.717) is 12.0 Å². The van der Waals surface area contributed by atoms with Crippen LogP contribution in [0, 0.1) is 12.7 Å². The Balaban J connectivity index is 2.25. The number of rotatable bonds is 3. The van der Waals surface area contributed by atoms with Crippen LogP contribution in [0.2, 0.25) is 5.02 Å². The van der Waals surface area contributed by atoms with Gasteiger partial charge in [-0.2, -0.15) is 0 Å². The van der Waals surface area contributed by atoms with Gasteiger partial charge < -0.3 is 5.11 Å². The smallest absolute Gasteiger partial charge is 0.142 e. The minimum absolute atomic E-state index is 0.0799. The highest BCUT2D eigenvalue weighted by Crippen LogP contribution is 2.28. The first kappa shape index (κ1) is 14.5. The largest absolute Gasteiger partial charge is 0.388 e. The molecule has 1 atom stereocenters. The van der Waals surface area contributed by atoms with Gasteiger partial charge in [0, 0.05) is 10.9 Å². The van der Waals surface area contributed by atoms with E-state index in [-0.39, 0.29) is 5.02 Å².